The average molecular weight is 284 g/mol. The first-order valence-electron chi connectivity index (χ1n) is 5.91. The lowest BCUT2D eigenvalue weighted by atomic mass is 10.1. The van der Waals surface area contributed by atoms with Gasteiger partial charge in [-0.25, -0.2) is 0 Å². The number of benzene rings is 1. The minimum atomic E-state index is 0.606. The first-order valence-corrected chi connectivity index (χ1v) is 6.70. The predicted molar refractivity (Wildman–Crippen MR) is 69.4 cm³/mol. The number of hydrogen-bond acceptors (Lipinski definition) is 2. The van der Waals surface area contributed by atoms with Gasteiger partial charge in [0.15, 0.2) is 0 Å². The molecule has 0 aliphatic carbocycles. The summed E-state index contributed by atoms with van der Waals surface area (Å²) in [7, 11) is 0. The van der Waals surface area contributed by atoms with Gasteiger partial charge in [0.25, 0.3) is 0 Å². The van der Waals surface area contributed by atoms with Gasteiger partial charge < -0.3 is 10.1 Å². The van der Waals surface area contributed by atoms with Crippen LogP contribution >= 0.6 is 15.9 Å². The highest BCUT2D eigenvalue weighted by Crippen LogP contribution is 2.16. The number of nitrogens with one attached hydrogen (secondary N) is 1. The zero-order chi connectivity index (χ0) is 11.2. The Morgan fingerprint density at radius 3 is 3.00 bits per heavy atom. The average Bonchev–Trinajstić information content (AvgIpc) is 2.56. The van der Waals surface area contributed by atoms with Crippen LogP contribution in [0.4, 0.5) is 0 Å². The summed E-state index contributed by atoms with van der Waals surface area (Å²) in [6.45, 7) is 2.76. The second kappa shape index (κ2) is 6.38. The van der Waals surface area contributed by atoms with Crippen LogP contribution in [-0.4, -0.2) is 19.3 Å². The molecule has 0 bridgehead atoms. The summed E-state index contributed by atoms with van der Waals surface area (Å²) >= 11 is 3.57. The normalized spacial score (nSPS) is 21.7. The van der Waals surface area contributed by atoms with E-state index in [-0.39, 0.29) is 0 Å². The lowest BCUT2D eigenvalue weighted by molar-refractivity contribution is 0.142. The monoisotopic (exact) mass is 283 g/mol. The maximum absolute atomic E-state index is 5.45. The van der Waals surface area contributed by atoms with Gasteiger partial charge in [0.1, 0.15) is 0 Å². The van der Waals surface area contributed by atoms with Gasteiger partial charge in [0.2, 0.25) is 0 Å². The van der Waals surface area contributed by atoms with Gasteiger partial charge in [0, 0.05) is 30.3 Å². The Morgan fingerprint density at radius 2 is 2.12 bits per heavy atom. The molecule has 3 heteroatoms. The maximum Gasteiger partial charge on any atom is 0.0480 e. The molecule has 0 radical (unpaired) electrons. The Hall–Kier alpha value is -0.380. The van der Waals surface area contributed by atoms with Crippen LogP contribution in [0.1, 0.15) is 24.8 Å². The van der Waals surface area contributed by atoms with Crippen molar-refractivity contribution in [2.75, 3.05) is 13.2 Å². The third kappa shape index (κ3) is 3.58. The molecule has 16 heavy (non-hydrogen) atoms. The smallest absolute Gasteiger partial charge is 0.0480 e. The largest absolute Gasteiger partial charge is 0.381 e. The zero-order valence-corrected chi connectivity index (χ0v) is 11.0. The zero-order valence-electron chi connectivity index (χ0n) is 9.42. The van der Waals surface area contributed by atoms with Crippen molar-refractivity contribution in [1.29, 1.82) is 0 Å². The number of ether oxygens (including phenoxy) is 1. The molecule has 0 amide bonds. The molecule has 1 saturated heterocycles. The van der Waals surface area contributed by atoms with Crippen LogP contribution in [0, 0.1) is 0 Å². The van der Waals surface area contributed by atoms with E-state index in [1.165, 1.54) is 22.9 Å². The van der Waals surface area contributed by atoms with Crippen LogP contribution in [0.3, 0.4) is 0 Å². The molecule has 0 saturated carbocycles. The van der Waals surface area contributed by atoms with E-state index in [1.807, 2.05) is 6.07 Å². The Morgan fingerprint density at radius 1 is 1.25 bits per heavy atom. The molecule has 0 spiro atoms. The van der Waals surface area contributed by atoms with E-state index in [0.717, 1.165) is 26.2 Å². The number of hydrogen-bond donors (Lipinski definition) is 1. The van der Waals surface area contributed by atoms with E-state index in [9.17, 15) is 0 Å². The van der Waals surface area contributed by atoms with E-state index in [2.05, 4.69) is 39.4 Å². The maximum atomic E-state index is 5.45. The highest BCUT2D eigenvalue weighted by Gasteiger charge is 2.11. The fourth-order valence-electron chi connectivity index (χ4n) is 2.00. The van der Waals surface area contributed by atoms with Crippen molar-refractivity contribution in [3.63, 3.8) is 0 Å². The van der Waals surface area contributed by atoms with Gasteiger partial charge in [-0.1, -0.05) is 34.1 Å². The summed E-state index contributed by atoms with van der Waals surface area (Å²) in [5.74, 6) is 0. The minimum absolute atomic E-state index is 0.606. The Labute approximate surface area is 106 Å². The summed E-state index contributed by atoms with van der Waals surface area (Å²) in [6.07, 6.45) is 3.53. The molecule has 1 aliphatic rings. The predicted octanol–water partition coefficient (Wildman–Crippen LogP) is 3.11. The SMILES string of the molecule is Brc1ccccc1CNC1CCCOCC1. The van der Waals surface area contributed by atoms with Crippen molar-refractivity contribution in [2.24, 2.45) is 0 Å². The molecular formula is C13H18BrNO. The summed E-state index contributed by atoms with van der Waals surface area (Å²) in [5.41, 5.74) is 1.33. The first-order chi connectivity index (χ1) is 7.86. The first kappa shape index (κ1) is 12.1. The second-order valence-corrected chi connectivity index (χ2v) is 5.07. The topological polar surface area (TPSA) is 21.3 Å². The number of rotatable bonds is 3. The fraction of sp³-hybridized carbons (Fsp3) is 0.538. The minimum Gasteiger partial charge on any atom is -0.381 e. The fourth-order valence-corrected chi connectivity index (χ4v) is 2.43. The molecule has 1 N–H and O–H groups in total. The lowest BCUT2D eigenvalue weighted by Crippen LogP contribution is -2.28. The summed E-state index contributed by atoms with van der Waals surface area (Å²) in [5, 5.41) is 3.61. The van der Waals surface area contributed by atoms with Gasteiger partial charge in [-0.3, -0.25) is 0 Å². The van der Waals surface area contributed by atoms with E-state index in [1.54, 1.807) is 0 Å². The van der Waals surface area contributed by atoms with E-state index >= 15 is 0 Å². The highest BCUT2D eigenvalue weighted by molar-refractivity contribution is 9.10. The molecule has 2 rings (SSSR count). The van der Waals surface area contributed by atoms with Crippen molar-refractivity contribution in [3.8, 4) is 0 Å². The van der Waals surface area contributed by atoms with Crippen LogP contribution in [0.15, 0.2) is 28.7 Å². The molecule has 0 aromatic heterocycles. The van der Waals surface area contributed by atoms with E-state index in [4.69, 9.17) is 4.74 Å². The molecular weight excluding hydrogens is 266 g/mol. The van der Waals surface area contributed by atoms with Crippen LogP contribution in [0.25, 0.3) is 0 Å². The second-order valence-electron chi connectivity index (χ2n) is 4.21. The van der Waals surface area contributed by atoms with E-state index in [0.29, 0.717) is 6.04 Å². The standard InChI is InChI=1S/C13H18BrNO/c14-13-6-2-1-4-11(13)10-15-12-5-3-8-16-9-7-12/h1-2,4,6,12,15H,3,5,7-10H2. The molecule has 88 valence electrons. The molecule has 1 aromatic carbocycles. The van der Waals surface area contributed by atoms with Gasteiger partial charge in [-0.15, -0.1) is 0 Å². The Bertz CT molecular complexity index is 321. The summed E-state index contributed by atoms with van der Waals surface area (Å²) in [6, 6.07) is 8.98. The molecule has 1 unspecified atom stereocenters. The van der Waals surface area contributed by atoms with Gasteiger partial charge in [-0.2, -0.15) is 0 Å². The van der Waals surface area contributed by atoms with Crippen molar-refractivity contribution in [3.05, 3.63) is 34.3 Å². The molecule has 2 nitrogen and oxygen atoms in total. The lowest BCUT2D eigenvalue weighted by Gasteiger charge is -2.16. The molecule has 1 aliphatic heterocycles. The van der Waals surface area contributed by atoms with Crippen molar-refractivity contribution < 1.29 is 4.74 Å². The molecule has 1 fully saturated rings. The summed E-state index contributed by atoms with van der Waals surface area (Å²) < 4.78 is 6.64. The van der Waals surface area contributed by atoms with Gasteiger partial charge in [-0.05, 0) is 30.9 Å². The van der Waals surface area contributed by atoms with Crippen molar-refractivity contribution in [2.45, 2.75) is 31.8 Å². The molecule has 1 heterocycles. The third-order valence-corrected chi connectivity index (χ3v) is 3.76. The third-order valence-electron chi connectivity index (χ3n) is 2.99. The number of halogens is 1. The Balaban J connectivity index is 1.84. The van der Waals surface area contributed by atoms with Crippen LogP contribution in [0.2, 0.25) is 0 Å². The van der Waals surface area contributed by atoms with Crippen molar-refractivity contribution >= 4 is 15.9 Å². The Kier molecular flexibility index (Phi) is 4.82. The van der Waals surface area contributed by atoms with E-state index < -0.39 is 0 Å². The van der Waals surface area contributed by atoms with Crippen LogP contribution in [0.5, 0.6) is 0 Å². The molecule has 1 atom stereocenters. The summed E-state index contributed by atoms with van der Waals surface area (Å²) in [4.78, 5) is 0. The van der Waals surface area contributed by atoms with Crippen molar-refractivity contribution in [1.82, 2.24) is 5.32 Å². The van der Waals surface area contributed by atoms with Gasteiger partial charge >= 0.3 is 0 Å². The van der Waals surface area contributed by atoms with Gasteiger partial charge in [0.05, 0.1) is 0 Å². The molecule has 1 aromatic rings. The quantitative estimate of drug-likeness (QED) is 0.921. The van der Waals surface area contributed by atoms with Crippen LogP contribution in [-0.2, 0) is 11.3 Å². The van der Waals surface area contributed by atoms with Crippen LogP contribution < -0.4 is 5.32 Å². The highest BCUT2D eigenvalue weighted by atomic mass is 79.9.